The number of nitrogens with zero attached hydrogens (tertiary/aromatic N) is 2. The van der Waals surface area contributed by atoms with Crippen LogP contribution in [-0.4, -0.2) is 15.5 Å². The molecule has 0 aliphatic carbocycles. The second kappa shape index (κ2) is 6.71. The zero-order chi connectivity index (χ0) is 18.1. The lowest BCUT2D eigenvalue weighted by Gasteiger charge is -2.16. The summed E-state index contributed by atoms with van der Waals surface area (Å²) in [5, 5.41) is 3.10. The molecule has 0 fully saturated rings. The zero-order valence-corrected chi connectivity index (χ0v) is 15.6. The van der Waals surface area contributed by atoms with E-state index in [-0.39, 0.29) is 12.5 Å². The Labute approximate surface area is 148 Å². The van der Waals surface area contributed by atoms with Gasteiger partial charge in [-0.1, -0.05) is 32.0 Å². The van der Waals surface area contributed by atoms with Crippen LogP contribution in [0, 0.1) is 20.8 Å². The van der Waals surface area contributed by atoms with Gasteiger partial charge in [0.15, 0.2) is 0 Å². The Morgan fingerprint density at radius 1 is 1.12 bits per heavy atom. The van der Waals surface area contributed by atoms with E-state index in [0.29, 0.717) is 5.92 Å². The first-order valence-electron chi connectivity index (χ1n) is 8.68. The highest BCUT2D eigenvalue weighted by molar-refractivity contribution is 5.93. The van der Waals surface area contributed by atoms with Crippen molar-refractivity contribution in [1.82, 2.24) is 9.55 Å². The van der Waals surface area contributed by atoms with E-state index in [2.05, 4.69) is 56.2 Å². The van der Waals surface area contributed by atoms with E-state index in [4.69, 9.17) is 0 Å². The number of aryl methyl sites for hydroxylation is 3. The normalized spacial score (nSPS) is 11.3. The smallest absolute Gasteiger partial charge is 0.244 e. The predicted molar refractivity (Wildman–Crippen MR) is 103 cm³/mol. The standard InChI is InChI=1S/C21H25N3O/c1-13(2)17-8-6-7-14(3)21(17)23-20(25)11-24-12-22-18-9-15(4)16(5)10-19(18)24/h6-10,12-13H,11H2,1-5H3,(H,23,25). The molecule has 1 heterocycles. The molecule has 0 spiro atoms. The van der Waals surface area contributed by atoms with Gasteiger partial charge in [-0.2, -0.15) is 0 Å². The molecule has 0 saturated heterocycles. The van der Waals surface area contributed by atoms with Crippen LogP contribution in [0.4, 0.5) is 5.69 Å². The summed E-state index contributed by atoms with van der Waals surface area (Å²) in [6, 6.07) is 10.3. The van der Waals surface area contributed by atoms with Crippen molar-refractivity contribution in [2.75, 3.05) is 5.32 Å². The van der Waals surface area contributed by atoms with Gasteiger partial charge in [0.25, 0.3) is 0 Å². The van der Waals surface area contributed by atoms with E-state index in [1.54, 1.807) is 6.33 Å². The number of carbonyl (C=O) groups excluding carboxylic acids is 1. The number of nitrogens with one attached hydrogen (secondary N) is 1. The third-order valence-electron chi connectivity index (χ3n) is 4.74. The Morgan fingerprint density at radius 3 is 2.56 bits per heavy atom. The summed E-state index contributed by atoms with van der Waals surface area (Å²) >= 11 is 0. The maximum Gasteiger partial charge on any atom is 0.244 e. The molecule has 1 aromatic heterocycles. The van der Waals surface area contributed by atoms with E-state index >= 15 is 0 Å². The molecular weight excluding hydrogens is 310 g/mol. The first-order chi connectivity index (χ1) is 11.9. The molecule has 130 valence electrons. The SMILES string of the molecule is Cc1cc2ncn(CC(=O)Nc3c(C)cccc3C(C)C)c2cc1C. The molecule has 0 aliphatic heterocycles. The van der Waals surface area contributed by atoms with Gasteiger partial charge in [-0.25, -0.2) is 4.98 Å². The topological polar surface area (TPSA) is 46.9 Å². The lowest BCUT2D eigenvalue weighted by molar-refractivity contribution is -0.116. The summed E-state index contributed by atoms with van der Waals surface area (Å²) in [7, 11) is 0. The molecular formula is C21H25N3O. The quantitative estimate of drug-likeness (QED) is 0.749. The van der Waals surface area contributed by atoms with Crippen LogP contribution in [0.1, 0.15) is 42.0 Å². The minimum Gasteiger partial charge on any atom is -0.324 e. The molecule has 0 aliphatic rings. The highest BCUT2D eigenvalue weighted by atomic mass is 16.1. The third-order valence-corrected chi connectivity index (χ3v) is 4.74. The Bertz CT molecular complexity index is 938. The number of amides is 1. The van der Waals surface area contributed by atoms with Gasteiger partial charge < -0.3 is 9.88 Å². The van der Waals surface area contributed by atoms with E-state index in [1.807, 2.05) is 23.6 Å². The summed E-state index contributed by atoms with van der Waals surface area (Å²) in [5.74, 6) is 0.323. The Kier molecular flexibility index (Phi) is 4.62. The van der Waals surface area contributed by atoms with Gasteiger partial charge in [0.1, 0.15) is 6.54 Å². The molecule has 0 saturated carbocycles. The largest absolute Gasteiger partial charge is 0.324 e. The van der Waals surface area contributed by atoms with Crippen LogP contribution >= 0.6 is 0 Å². The molecule has 0 radical (unpaired) electrons. The van der Waals surface area contributed by atoms with Crippen molar-refractivity contribution < 1.29 is 4.79 Å². The fourth-order valence-corrected chi connectivity index (χ4v) is 3.12. The molecule has 0 atom stereocenters. The zero-order valence-electron chi connectivity index (χ0n) is 15.6. The number of carbonyl (C=O) groups is 1. The average molecular weight is 335 g/mol. The summed E-state index contributed by atoms with van der Waals surface area (Å²) in [4.78, 5) is 17.1. The predicted octanol–water partition coefficient (Wildman–Crippen LogP) is 4.72. The maximum absolute atomic E-state index is 12.6. The van der Waals surface area contributed by atoms with Crippen LogP contribution in [0.25, 0.3) is 11.0 Å². The number of aromatic nitrogens is 2. The van der Waals surface area contributed by atoms with Crippen molar-refractivity contribution in [3.8, 4) is 0 Å². The van der Waals surface area contributed by atoms with Crippen LogP contribution in [0.5, 0.6) is 0 Å². The summed E-state index contributed by atoms with van der Waals surface area (Å²) in [6.45, 7) is 10.7. The van der Waals surface area contributed by atoms with Crippen LogP contribution in [0.3, 0.4) is 0 Å². The lowest BCUT2D eigenvalue weighted by atomic mass is 9.98. The fraction of sp³-hybridized carbons (Fsp3) is 0.333. The Hall–Kier alpha value is -2.62. The molecule has 0 unspecified atom stereocenters. The first kappa shape index (κ1) is 17.2. The van der Waals surface area contributed by atoms with Crippen LogP contribution in [-0.2, 0) is 11.3 Å². The summed E-state index contributed by atoms with van der Waals surface area (Å²) in [5.41, 5.74) is 7.51. The molecule has 1 N–H and O–H groups in total. The van der Waals surface area contributed by atoms with Gasteiger partial charge in [0.2, 0.25) is 5.91 Å². The molecule has 4 heteroatoms. The van der Waals surface area contributed by atoms with Gasteiger partial charge in [-0.3, -0.25) is 4.79 Å². The molecule has 25 heavy (non-hydrogen) atoms. The van der Waals surface area contributed by atoms with E-state index in [1.165, 1.54) is 11.1 Å². The second-order valence-corrected chi connectivity index (χ2v) is 7.04. The Balaban J connectivity index is 1.86. The lowest BCUT2D eigenvalue weighted by Crippen LogP contribution is -2.20. The van der Waals surface area contributed by atoms with Crippen molar-refractivity contribution in [3.05, 3.63) is 58.9 Å². The van der Waals surface area contributed by atoms with Crippen molar-refractivity contribution >= 4 is 22.6 Å². The average Bonchev–Trinajstić information content (AvgIpc) is 2.91. The van der Waals surface area contributed by atoms with Crippen molar-refractivity contribution in [1.29, 1.82) is 0 Å². The van der Waals surface area contributed by atoms with Crippen molar-refractivity contribution in [2.45, 2.75) is 47.1 Å². The third kappa shape index (κ3) is 3.43. The molecule has 1 amide bonds. The summed E-state index contributed by atoms with van der Waals surface area (Å²) in [6.07, 6.45) is 1.74. The molecule has 0 bridgehead atoms. The number of fused-ring (bicyclic) bond motifs is 1. The number of benzene rings is 2. The van der Waals surface area contributed by atoms with Crippen LogP contribution in [0.15, 0.2) is 36.7 Å². The highest BCUT2D eigenvalue weighted by Crippen LogP contribution is 2.27. The number of rotatable bonds is 4. The summed E-state index contributed by atoms with van der Waals surface area (Å²) < 4.78 is 1.91. The Morgan fingerprint density at radius 2 is 1.84 bits per heavy atom. The van der Waals surface area contributed by atoms with Gasteiger partial charge in [0.05, 0.1) is 17.4 Å². The number of anilines is 1. The van der Waals surface area contributed by atoms with Crippen LogP contribution < -0.4 is 5.32 Å². The monoisotopic (exact) mass is 335 g/mol. The van der Waals surface area contributed by atoms with Crippen LogP contribution in [0.2, 0.25) is 0 Å². The maximum atomic E-state index is 12.6. The van der Waals surface area contributed by atoms with E-state index in [9.17, 15) is 4.79 Å². The van der Waals surface area contributed by atoms with E-state index in [0.717, 1.165) is 27.8 Å². The molecule has 4 nitrogen and oxygen atoms in total. The number of para-hydroxylation sites is 1. The van der Waals surface area contributed by atoms with Gasteiger partial charge in [-0.05, 0) is 61.1 Å². The minimum absolute atomic E-state index is 0.0336. The number of hydrogen-bond donors (Lipinski definition) is 1. The van der Waals surface area contributed by atoms with Crippen molar-refractivity contribution in [2.24, 2.45) is 0 Å². The highest BCUT2D eigenvalue weighted by Gasteiger charge is 2.13. The van der Waals surface area contributed by atoms with Gasteiger partial charge >= 0.3 is 0 Å². The number of imidazole rings is 1. The minimum atomic E-state index is -0.0336. The molecule has 3 rings (SSSR count). The second-order valence-electron chi connectivity index (χ2n) is 7.04. The number of hydrogen-bond acceptors (Lipinski definition) is 2. The molecule has 3 aromatic rings. The van der Waals surface area contributed by atoms with Gasteiger partial charge in [0, 0.05) is 5.69 Å². The van der Waals surface area contributed by atoms with E-state index < -0.39 is 0 Å². The fourth-order valence-electron chi connectivity index (χ4n) is 3.12. The molecule has 2 aromatic carbocycles. The first-order valence-corrected chi connectivity index (χ1v) is 8.68. The van der Waals surface area contributed by atoms with Gasteiger partial charge in [-0.15, -0.1) is 0 Å². The van der Waals surface area contributed by atoms with Crippen molar-refractivity contribution in [3.63, 3.8) is 0 Å².